The lowest BCUT2D eigenvalue weighted by atomic mass is 10.1. The average molecular weight is 366 g/mol. The number of halogens is 3. The first-order valence-corrected chi connectivity index (χ1v) is 7.53. The van der Waals surface area contributed by atoms with Gasteiger partial charge in [-0.25, -0.2) is 5.43 Å². The summed E-state index contributed by atoms with van der Waals surface area (Å²) in [6.45, 7) is 0. The highest BCUT2D eigenvalue weighted by molar-refractivity contribution is 5.84. The molecule has 2 rings (SSSR count). The van der Waals surface area contributed by atoms with E-state index in [-0.39, 0.29) is 12.0 Å². The molecule has 2 aromatic rings. The maximum Gasteiger partial charge on any atom is 0.416 e. The van der Waals surface area contributed by atoms with Crippen LogP contribution in [0.1, 0.15) is 16.7 Å². The molecule has 0 heterocycles. The predicted octanol–water partition coefficient (Wildman–Crippen LogP) is 3.42. The molecule has 8 heteroatoms. The minimum absolute atomic E-state index is 0.215. The first kappa shape index (κ1) is 19.3. The zero-order chi connectivity index (χ0) is 19.2. The Bertz CT molecular complexity index is 805. The minimum atomic E-state index is -4.45. The first-order valence-electron chi connectivity index (χ1n) is 7.53. The lowest BCUT2D eigenvalue weighted by Crippen LogP contribution is -2.20. The summed E-state index contributed by atoms with van der Waals surface area (Å²) in [5.74, 6) is 0.533. The van der Waals surface area contributed by atoms with Gasteiger partial charge in [0.1, 0.15) is 0 Å². The number of carbonyl (C=O) groups excluding carboxylic acids is 1. The van der Waals surface area contributed by atoms with E-state index in [9.17, 15) is 18.0 Å². The van der Waals surface area contributed by atoms with Gasteiger partial charge in [-0.05, 0) is 35.4 Å². The highest BCUT2D eigenvalue weighted by atomic mass is 19.4. The van der Waals surface area contributed by atoms with Crippen molar-refractivity contribution in [1.82, 2.24) is 5.43 Å². The van der Waals surface area contributed by atoms with E-state index in [2.05, 4.69) is 10.5 Å². The Kier molecular flexibility index (Phi) is 6.21. The summed E-state index contributed by atoms with van der Waals surface area (Å²) in [5, 5.41) is 3.80. The van der Waals surface area contributed by atoms with Gasteiger partial charge >= 0.3 is 6.18 Å². The van der Waals surface area contributed by atoms with E-state index in [0.29, 0.717) is 17.1 Å². The van der Waals surface area contributed by atoms with E-state index in [0.717, 1.165) is 12.1 Å². The van der Waals surface area contributed by atoms with Crippen molar-refractivity contribution >= 4 is 12.1 Å². The third-order valence-electron chi connectivity index (χ3n) is 3.43. The van der Waals surface area contributed by atoms with Crippen LogP contribution in [-0.2, 0) is 17.4 Å². The molecule has 0 aliphatic carbocycles. The van der Waals surface area contributed by atoms with Crippen LogP contribution in [0.15, 0.2) is 47.6 Å². The number of rotatable bonds is 6. The number of hydrogen-bond acceptors (Lipinski definition) is 4. The molecule has 0 saturated heterocycles. The monoisotopic (exact) mass is 366 g/mol. The standard InChI is InChI=1S/C18H17F3N2O3/c1-25-15-7-6-13(9-16(15)26-2)11-22-23-17(24)10-12-4-3-5-14(8-12)18(19,20)21/h3-9,11H,10H2,1-2H3,(H,23,24)/b22-11-. The zero-order valence-electron chi connectivity index (χ0n) is 14.1. The van der Waals surface area contributed by atoms with Crippen molar-refractivity contribution in [2.75, 3.05) is 14.2 Å². The second-order valence-corrected chi connectivity index (χ2v) is 5.28. The summed E-state index contributed by atoms with van der Waals surface area (Å²) in [6.07, 6.45) is -3.27. The van der Waals surface area contributed by atoms with Gasteiger partial charge in [-0.3, -0.25) is 4.79 Å². The molecule has 0 bridgehead atoms. The van der Waals surface area contributed by atoms with Crippen LogP contribution in [0.4, 0.5) is 13.2 Å². The molecular weight excluding hydrogens is 349 g/mol. The third kappa shape index (κ3) is 5.23. The Morgan fingerprint density at radius 3 is 2.50 bits per heavy atom. The Balaban J connectivity index is 1.98. The van der Waals surface area contributed by atoms with Gasteiger partial charge in [-0.2, -0.15) is 18.3 Å². The first-order chi connectivity index (χ1) is 12.3. The van der Waals surface area contributed by atoms with Gasteiger partial charge in [0.2, 0.25) is 5.91 Å². The van der Waals surface area contributed by atoms with Crippen LogP contribution >= 0.6 is 0 Å². The number of ether oxygens (including phenoxy) is 2. The van der Waals surface area contributed by atoms with Crippen LogP contribution in [-0.4, -0.2) is 26.3 Å². The van der Waals surface area contributed by atoms with Gasteiger partial charge in [0.05, 0.1) is 32.4 Å². The summed E-state index contributed by atoms with van der Waals surface area (Å²) < 4.78 is 48.3. The van der Waals surface area contributed by atoms with Crippen LogP contribution in [0.5, 0.6) is 11.5 Å². The molecule has 26 heavy (non-hydrogen) atoms. The summed E-state index contributed by atoms with van der Waals surface area (Å²) in [7, 11) is 3.01. The van der Waals surface area contributed by atoms with E-state index in [4.69, 9.17) is 9.47 Å². The van der Waals surface area contributed by atoms with Gasteiger partial charge in [0, 0.05) is 0 Å². The normalized spacial score (nSPS) is 11.4. The van der Waals surface area contributed by atoms with Crippen molar-refractivity contribution in [3.63, 3.8) is 0 Å². The van der Waals surface area contributed by atoms with Gasteiger partial charge in [0.15, 0.2) is 11.5 Å². The van der Waals surface area contributed by atoms with Crippen molar-refractivity contribution in [1.29, 1.82) is 0 Å². The van der Waals surface area contributed by atoms with Gasteiger partial charge in [0.25, 0.3) is 0 Å². The molecular formula is C18H17F3N2O3. The molecule has 2 aromatic carbocycles. The van der Waals surface area contributed by atoms with Crippen LogP contribution < -0.4 is 14.9 Å². The number of hydrazone groups is 1. The second-order valence-electron chi connectivity index (χ2n) is 5.28. The molecule has 138 valence electrons. The molecule has 0 aromatic heterocycles. The van der Waals surface area contributed by atoms with Crippen LogP contribution in [0.3, 0.4) is 0 Å². The summed E-state index contributed by atoms with van der Waals surface area (Å²) >= 11 is 0. The van der Waals surface area contributed by atoms with Crippen molar-refractivity contribution < 1.29 is 27.4 Å². The summed E-state index contributed by atoms with van der Waals surface area (Å²) in [5.41, 5.74) is 2.39. The number of benzene rings is 2. The smallest absolute Gasteiger partial charge is 0.416 e. The highest BCUT2D eigenvalue weighted by Gasteiger charge is 2.30. The van der Waals surface area contributed by atoms with Crippen molar-refractivity contribution in [3.8, 4) is 11.5 Å². The number of nitrogens with one attached hydrogen (secondary N) is 1. The number of nitrogens with zero attached hydrogens (tertiary/aromatic N) is 1. The van der Waals surface area contributed by atoms with Crippen LogP contribution in [0, 0.1) is 0 Å². The van der Waals surface area contributed by atoms with E-state index >= 15 is 0 Å². The lowest BCUT2D eigenvalue weighted by molar-refractivity contribution is -0.137. The number of alkyl halides is 3. The molecule has 0 aliphatic heterocycles. The van der Waals surface area contributed by atoms with Crippen molar-refractivity contribution in [2.45, 2.75) is 12.6 Å². The maximum atomic E-state index is 12.7. The van der Waals surface area contributed by atoms with E-state index < -0.39 is 17.6 Å². The van der Waals surface area contributed by atoms with E-state index in [1.54, 1.807) is 18.2 Å². The predicted molar refractivity (Wildman–Crippen MR) is 90.4 cm³/mol. The number of hydrogen-bond donors (Lipinski definition) is 1. The molecule has 5 nitrogen and oxygen atoms in total. The lowest BCUT2D eigenvalue weighted by Gasteiger charge is -2.08. The molecule has 1 amide bonds. The van der Waals surface area contributed by atoms with Crippen LogP contribution in [0.25, 0.3) is 0 Å². The summed E-state index contributed by atoms with van der Waals surface area (Å²) in [4.78, 5) is 11.8. The fourth-order valence-corrected chi connectivity index (χ4v) is 2.19. The van der Waals surface area contributed by atoms with E-state index in [1.807, 2.05) is 0 Å². The summed E-state index contributed by atoms with van der Waals surface area (Å²) in [6, 6.07) is 9.68. The molecule has 0 fully saturated rings. The molecule has 1 N–H and O–H groups in total. The maximum absolute atomic E-state index is 12.7. The number of carbonyl (C=O) groups is 1. The molecule has 0 radical (unpaired) electrons. The van der Waals surface area contributed by atoms with Crippen molar-refractivity contribution in [2.24, 2.45) is 5.10 Å². The van der Waals surface area contributed by atoms with E-state index in [1.165, 1.54) is 32.6 Å². The van der Waals surface area contributed by atoms with Gasteiger partial charge in [-0.15, -0.1) is 0 Å². The highest BCUT2D eigenvalue weighted by Crippen LogP contribution is 2.29. The Labute approximate surface area is 148 Å². The fraction of sp³-hybridized carbons (Fsp3) is 0.222. The number of amides is 1. The SMILES string of the molecule is COc1ccc(/C=N\NC(=O)Cc2cccc(C(F)(F)F)c2)cc1OC. The molecule has 0 atom stereocenters. The second kappa shape index (κ2) is 8.37. The Morgan fingerprint density at radius 1 is 1.12 bits per heavy atom. The molecule has 0 spiro atoms. The Hall–Kier alpha value is -3.03. The Morgan fingerprint density at radius 2 is 1.85 bits per heavy atom. The average Bonchev–Trinajstić information content (AvgIpc) is 2.61. The quantitative estimate of drug-likeness (QED) is 0.630. The topological polar surface area (TPSA) is 59.9 Å². The van der Waals surface area contributed by atoms with Crippen molar-refractivity contribution in [3.05, 3.63) is 59.2 Å². The van der Waals surface area contributed by atoms with Gasteiger partial charge in [-0.1, -0.05) is 18.2 Å². The van der Waals surface area contributed by atoms with Crippen LogP contribution in [0.2, 0.25) is 0 Å². The molecule has 0 unspecified atom stereocenters. The zero-order valence-corrected chi connectivity index (χ0v) is 14.1. The molecule has 0 aliphatic rings. The minimum Gasteiger partial charge on any atom is -0.493 e. The fourth-order valence-electron chi connectivity index (χ4n) is 2.19. The number of methoxy groups -OCH3 is 2. The third-order valence-corrected chi connectivity index (χ3v) is 3.43. The van der Waals surface area contributed by atoms with Gasteiger partial charge < -0.3 is 9.47 Å². The largest absolute Gasteiger partial charge is 0.493 e. The molecule has 0 saturated carbocycles.